The first-order valence-corrected chi connectivity index (χ1v) is 9.26. The smallest absolute Gasteiger partial charge is 0.386 e. The van der Waals surface area contributed by atoms with Crippen LogP contribution in [0.4, 0.5) is 19.0 Å². The van der Waals surface area contributed by atoms with E-state index in [2.05, 4.69) is 15.5 Å². The lowest BCUT2D eigenvalue weighted by Crippen LogP contribution is -2.37. The summed E-state index contributed by atoms with van der Waals surface area (Å²) >= 11 is 0. The zero-order chi connectivity index (χ0) is 21.5. The summed E-state index contributed by atoms with van der Waals surface area (Å²) in [6.07, 6.45) is -2.44. The molecule has 1 aliphatic rings. The van der Waals surface area contributed by atoms with Gasteiger partial charge in [0.2, 0.25) is 0 Å². The zero-order valence-electron chi connectivity index (χ0n) is 16.0. The quantitative estimate of drug-likeness (QED) is 0.675. The van der Waals surface area contributed by atoms with Crippen LogP contribution in [0.25, 0.3) is 22.0 Å². The fraction of sp³-hybridized carbons (Fsp3) is 0.350. The number of ether oxygens (including phenoxy) is 1. The fourth-order valence-electron chi connectivity index (χ4n) is 3.40. The molecule has 1 aliphatic heterocycles. The number of pyridine rings is 1. The molecule has 0 spiro atoms. The second kappa shape index (κ2) is 7.37. The van der Waals surface area contributed by atoms with Crippen molar-refractivity contribution in [2.24, 2.45) is 7.05 Å². The molecular weight excluding hydrogens is 401 g/mol. The summed E-state index contributed by atoms with van der Waals surface area (Å²) in [6, 6.07) is 6.19. The highest BCUT2D eigenvalue weighted by atomic mass is 19.4. The topological polar surface area (TPSA) is 89.3 Å². The Morgan fingerprint density at radius 2 is 1.97 bits per heavy atom. The largest absolute Gasteiger partial charge is 0.416 e. The Morgan fingerprint density at radius 3 is 2.60 bits per heavy atom. The van der Waals surface area contributed by atoms with Gasteiger partial charge in [-0.2, -0.15) is 13.2 Å². The summed E-state index contributed by atoms with van der Waals surface area (Å²) in [5.74, 6) is 0.196. The van der Waals surface area contributed by atoms with Crippen LogP contribution in [-0.4, -0.2) is 45.2 Å². The van der Waals surface area contributed by atoms with Gasteiger partial charge in [0.05, 0.1) is 17.6 Å². The van der Waals surface area contributed by atoms with Crippen molar-refractivity contribution in [2.45, 2.75) is 18.2 Å². The first kappa shape index (κ1) is 20.3. The third-order valence-electron chi connectivity index (χ3n) is 5.16. The number of aliphatic hydroxyl groups is 1. The van der Waals surface area contributed by atoms with Crippen molar-refractivity contribution in [3.8, 4) is 11.3 Å². The third kappa shape index (κ3) is 3.75. The Bertz CT molecular complexity index is 1140. The molecule has 0 amide bonds. The van der Waals surface area contributed by atoms with Crippen molar-refractivity contribution in [3.05, 3.63) is 52.4 Å². The van der Waals surface area contributed by atoms with Gasteiger partial charge in [-0.25, -0.2) is 0 Å². The number of benzene rings is 1. The summed E-state index contributed by atoms with van der Waals surface area (Å²) in [6.45, 7) is 0.737. The Labute approximate surface area is 169 Å². The van der Waals surface area contributed by atoms with E-state index in [1.54, 1.807) is 19.3 Å². The number of fused-ring (bicyclic) bond motifs is 1. The van der Waals surface area contributed by atoms with Gasteiger partial charge in [-0.1, -0.05) is 12.1 Å². The summed E-state index contributed by atoms with van der Waals surface area (Å²) in [5.41, 5.74) is -1.48. The molecular formula is C20H19F3N4O3. The van der Waals surface area contributed by atoms with E-state index in [9.17, 15) is 23.1 Å². The van der Waals surface area contributed by atoms with Gasteiger partial charge in [0.15, 0.2) is 5.82 Å². The van der Waals surface area contributed by atoms with Crippen molar-refractivity contribution in [1.82, 2.24) is 14.8 Å². The maximum absolute atomic E-state index is 12.9. The molecule has 1 fully saturated rings. The number of aryl methyl sites for hydroxylation is 1. The molecule has 3 aromatic rings. The van der Waals surface area contributed by atoms with Crippen LogP contribution in [0.3, 0.4) is 0 Å². The highest BCUT2D eigenvalue weighted by molar-refractivity contribution is 5.99. The van der Waals surface area contributed by atoms with Crippen LogP contribution < -0.4 is 10.9 Å². The molecule has 30 heavy (non-hydrogen) atoms. The van der Waals surface area contributed by atoms with Crippen LogP contribution in [0.5, 0.6) is 0 Å². The van der Waals surface area contributed by atoms with Crippen LogP contribution in [0.1, 0.15) is 12.0 Å². The molecule has 4 rings (SSSR count). The van der Waals surface area contributed by atoms with Gasteiger partial charge < -0.3 is 19.7 Å². The van der Waals surface area contributed by atoms with Gasteiger partial charge in [-0.05, 0) is 18.2 Å². The van der Waals surface area contributed by atoms with E-state index >= 15 is 0 Å². The second-order valence-electron chi connectivity index (χ2n) is 7.37. The molecule has 7 nitrogen and oxygen atoms in total. The summed E-state index contributed by atoms with van der Waals surface area (Å²) in [4.78, 5) is 12.8. The van der Waals surface area contributed by atoms with Crippen molar-refractivity contribution in [3.63, 3.8) is 0 Å². The molecule has 10 heteroatoms. The molecule has 2 aromatic heterocycles. The lowest BCUT2D eigenvalue weighted by atomic mass is 10.0. The van der Waals surface area contributed by atoms with Crippen molar-refractivity contribution < 1.29 is 23.0 Å². The predicted molar refractivity (Wildman–Crippen MR) is 104 cm³/mol. The zero-order valence-corrected chi connectivity index (χ0v) is 16.0. The van der Waals surface area contributed by atoms with Gasteiger partial charge in [0.25, 0.3) is 5.56 Å². The predicted octanol–water partition coefficient (Wildman–Crippen LogP) is 2.58. The number of nitrogens with zero attached hydrogens (tertiary/aromatic N) is 3. The maximum atomic E-state index is 12.9. The van der Waals surface area contributed by atoms with Crippen LogP contribution in [0.2, 0.25) is 0 Å². The SMILES string of the molecule is Cn1ccc2c(-c3ccc(C(F)(F)F)cc3)nnc(NC[C@@]3(O)CCOC3)c2c1=O. The van der Waals surface area contributed by atoms with Crippen molar-refractivity contribution in [1.29, 1.82) is 0 Å². The molecule has 0 unspecified atom stereocenters. The molecule has 1 saturated heterocycles. The number of rotatable bonds is 4. The minimum absolute atomic E-state index is 0.119. The second-order valence-corrected chi connectivity index (χ2v) is 7.37. The Kier molecular flexibility index (Phi) is 4.99. The molecule has 0 aliphatic carbocycles. The first-order valence-electron chi connectivity index (χ1n) is 9.26. The minimum atomic E-state index is -4.44. The summed E-state index contributed by atoms with van der Waals surface area (Å²) in [5, 5.41) is 22.4. The number of anilines is 1. The van der Waals surface area contributed by atoms with E-state index < -0.39 is 17.3 Å². The number of alkyl halides is 3. The molecule has 1 aromatic carbocycles. The van der Waals surface area contributed by atoms with E-state index in [0.29, 0.717) is 29.7 Å². The van der Waals surface area contributed by atoms with E-state index in [4.69, 9.17) is 4.74 Å². The Hall–Kier alpha value is -2.98. The summed E-state index contributed by atoms with van der Waals surface area (Å²) < 4.78 is 45.2. The number of hydrogen-bond donors (Lipinski definition) is 2. The molecule has 0 bridgehead atoms. The van der Waals surface area contributed by atoms with E-state index in [0.717, 1.165) is 12.1 Å². The van der Waals surface area contributed by atoms with Gasteiger partial charge >= 0.3 is 6.18 Å². The average Bonchev–Trinajstić information content (AvgIpc) is 3.15. The molecule has 3 heterocycles. The Morgan fingerprint density at radius 1 is 1.23 bits per heavy atom. The maximum Gasteiger partial charge on any atom is 0.416 e. The van der Waals surface area contributed by atoms with Crippen molar-refractivity contribution >= 4 is 16.6 Å². The third-order valence-corrected chi connectivity index (χ3v) is 5.16. The van der Waals surface area contributed by atoms with Gasteiger partial charge in [-0.15, -0.1) is 10.2 Å². The molecule has 2 N–H and O–H groups in total. The first-order chi connectivity index (χ1) is 14.2. The molecule has 0 saturated carbocycles. The lowest BCUT2D eigenvalue weighted by Gasteiger charge is -2.21. The fourth-order valence-corrected chi connectivity index (χ4v) is 3.40. The number of hydrogen-bond acceptors (Lipinski definition) is 6. The van der Waals surface area contributed by atoms with Gasteiger partial charge in [0, 0.05) is 43.8 Å². The highest BCUT2D eigenvalue weighted by Crippen LogP contribution is 2.33. The van der Waals surface area contributed by atoms with Crippen LogP contribution in [0, 0.1) is 0 Å². The molecule has 0 radical (unpaired) electrons. The van der Waals surface area contributed by atoms with Crippen LogP contribution >= 0.6 is 0 Å². The Balaban J connectivity index is 1.77. The van der Waals surface area contributed by atoms with Gasteiger partial charge in [0.1, 0.15) is 11.3 Å². The van der Waals surface area contributed by atoms with Crippen LogP contribution in [-0.2, 0) is 18.0 Å². The normalized spacial score (nSPS) is 19.4. The monoisotopic (exact) mass is 420 g/mol. The standard InChI is InChI=1S/C20H19F3N4O3/c1-27-8-6-14-15(18(27)28)17(24-10-19(29)7-9-30-11-19)26-25-16(14)12-2-4-13(5-3-12)20(21,22)23/h2-6,8,29H,7,9-11H2,1H3,(H,24,26)/t19-/m0/s1. The van der Waals surface area contributed by atoms with E-state index in [1.165, 1.54) is 16.7 Å². The summed E-state index contributed by atoms with van der Waals surface area (Å²) in [7, 11) is 1.59. The van der Waals surface area contributed by atoms with Crippen molar-refractivity contribution in [2.75, 3.05) is 25.1 Å². The number of aromatic nitrogens is 3. The molecule has 1 atom stereocenters. The average molecular weight is 420 g/mol. The molecule has 158 valence electrons. The number of halogens is 3. The van der Waals surface area contributed by atoms with Gasteiger partial charge in [-0.3, -0.25) is 4.79 Å². The lowest BCUT2D eigenvalue weighted by molar-refractivity contribution is -0.137. The highest BCUT2D eigenvalue weighted by Gasteiger charge is 2.33. The van der Waals surface area contributed by atoms with Crippen LogP contribution in [0.15, 0.2) is 41.3 Å². The minimum Gasteiger partial charge on any atom is -0.386 e. The van der Waals surface area contributed by atoms with E-state index in [-0.39, 0.29) is 29.9 Å². The number of nitrogens with one attached hydrogen (secondary N) is 1. The van der Waals surface area contributed by atoms with E-state index in [1.807, 2.05) is 0 Å².